The fourth-order valence-corrected chi connectivity index (χ4v) is 3.43. The molecule has 3 heteroatoms. The molecule has 21 heavy (non-hydrogen) atoms. The van der Waals surface area contributed by atoms with E-state index in [4.69, 9.17) is 4.74 Å². The van der Waals surface area contributed by atoms with E-state index in [1.807, 2.05) is 0 Å². The van der Waals surface area contributed by atoms with Crippen molar-refractivity contribution in [3.05, 3.63) is 65.2 Å². The molecule has 0 aromatic heterocycles. The number of ether oxygens (including phenoxy) is 1. The third-order valence-corrected chi connectivity index (χ3v) is 4.47. The maximum Gasteiger partial charge on any atom is 0.0780 e. The molecular formula is C18H20N2O. The van der Waals surface area contributed by atoms with Crippen LogP contribution < -0.4 is 10.2 Å². The standard InChI is InChI=1S/C18H20N2O/c1-3-7-16-15(6-1)12-21-13-18(16)20-10-9-19-11-14-5-2-4-8-17(14)20/h1-8,18-19H,9-13H2. The summed E-state index contributed by atoms with van der Waals surface area (Å²) in [6, 6.07) is 17.7. The van der Waals surface area contributed by atoms with Crippen LogP contribution in [-0.2, 0) is 17.9 Å². The van der Waals surface area contributed by atoms with Crippen LogP contribution >= 0.6 is 0 Å². The summed E-state index contributed by atoms with van der Waals surface area (Å²) in [6.07, 6.45) is 0. The molecule has 0 amide bonds. The highest BCUT2D eigenvalue weighted by Gasteiger charge is 2.28. The molecule has 2 aliphatic heterocycles. The van der Waals surface area contributed by atoms with E-state index in [0.717, 1.165) is 32.8 Å². The minimum Gasteiger partial charge on any atom is -0.374 e. The van der Waals surface area contributed by atoms with Crippen LogP contribution in [0.2, 0.25) is 0 Å². The molecule has 0 saturated carbocycles. The average Bonchev–Trinajstić information content (AvgIpc) is 2.77. The molecule has 2 heterocycles. The van der Waals surface area contributed by atoms with Gasteiger partial charge in [0.05, 0.1) is 19.3 Å². The fourth-order valence-electron chi connectivity index (χ4n) is 3.43. The number of nitrogens with one attached hydrogen (secondary N) is 1. The molecule has 0 bridgehead atoms. The van der Waals surface area contributed by atoms with Crippen molar-refractivity contribution in [2.24, 2.45) is 0 Å². The first kappa shape index (κ1) is 12.9. The molecule has 0 fully saturated rings. The van der Waals surface area contributed by atoms with Gasteiger partial charge < -0.3 is 15.0 Å². The molecule has 2 aromatic carbocycles. The highest BCUT2D eigenvalue weighted by atomic mass is 16.5. The van der Waals surface area contributed by atoms with Gasteiger partial charge in [0, 0.05) is 25.3 Å². The summed E-state index contributed by atoms with van der Waals surface area (Å²) < 4.78 is 5.86. The quantitative estimate of drug-likeness (QED) is 0.869. The van der Waals surface area contributed by atoms with E-state index >= 15 is 0 Å². The van der Waals surface area contributed by atoms with Crippen molar-refractivity contribution in [2.45, 2.75) is 19.2 Å². The van der Waals surface area contributed by atoms with Crippen LogP contribution in [0.25, 0.3) is 0 Å². The number of hydrogen-bond acceptors (Lipinski definition) is 3. The molecule has 108 valence electrons. The minimum absolute atomic E-state index is 0.316. The number of nitrogens with zero attached hydrogens (tertiary/aromatic N) is 1. The number of rotatable bonds is 1. The maximum atomic E-state index is 5.86. The van der Waals surface area contributed by atoms with Crippen molar-refractivity contribution in [1.82, 2.24) is 5.32 Å². The van der Waals surface area contributed by atoms with E-state index in [-0.39, 0.29) is 0 Å². The largest absolute Gasteiger partial charge is 0.374 e. The van der Waals surface area contributed by atoms with Gasteiger partial charge in [0.25, 0.3) is 0 Å². The van der Waals surface area contributed by atoms with Crippen LogP contribution in [0, 0.1) is 0 Å². The lowest BCUT2D eigenvalue weighted by molar-refractivity contribution is 0.0899. The molecule has 1 atom stereocenters. The van der Waals surface area contributed by atoms with Crippen molar-refractivity contribution in [3.8, 4) is 0 Å². The summed E-state index contributed by atoms with van der Waals surface area (Å²) in [5.41, 5.74) is 5.45. The third-order valence-electron chi connectivity index (χ3n) is 4.47. The molecule has 3 nitrogen and oxygen atoms in total. The summed E-state index contributed by atoms with van der Waals surface area (Å²) in [7, 11) is 0. The Morgan fingerprint density at radius 2 is 1.81 bits per heavy atom. The van der Waals surface area contributed by atoms with Gasteiger partial charge in [-0.15, -0.1) is 0 Å². The zero-order valence-electron chi connectivity index (χ0n) is 12.1. The van der Waals surface area contributed by atoms with Crippen LogP contribution in [-0.4, -0.2) is 19.7 Å². The topological polar surface area (TPSA) is 24.5 Å². The Morgan fingerprint density at radius 1 is 1.00 bits per heavy atom. The Hall–Kier alpha value is -1.84. The lowest BCUT2D eigenvalue weighted by atomic mass is 9.97. The fraction of sp³-hybridized carbons (Fsp3) is 0.333. The lowest BCUT2D eigenvalue weighted by Crippen LogP contribution is -2.37. The molecule has 1 N–H and O–H groups in total. The van der Waals surface area contributed by atoms with E-state index in [1.54, 1.807) is 0 Å². The van der Waals surface area contributed by atoms with Crippen LogP contribution in [0.1, 0.15) is 22.7 Å². The molecule has 0 spiro atoms. The number of fused-ring (bicyclic) bond motifs is 2. The van der Waals surface area contributed by atoms with Gasteiger partial charge in [-0.2, -0.15) is 0 Å². The summed E-state index contributed by atoms with van der Waals surface area (Å²) in [5.74, 6) is 0. The smallest absolute Gasteiger partial charge is 0.0780 e. The number of anilines is 1. The Morgan fingerprint density at radius 3 is 2.76 bits per heavy atom. The second kappa shape index (κ2) is 5.51. The van der Waals surface area contributed by atoms with Gasteiger partial charge in [-0.1, -0.05) is 42.5 Å². The van der Waals surface area contributed by atoms with Crippen molar-refractivity contribution in [1.29, 1.82) is 0 Å². The highest BCUT2D eigenvalue weighted by Crippen LogP contribution is 2.35. The van der Waals surface area contributed by atoms with Gasteiger partial charge in [-0.05, 0) is 22.8 Å². The monoisotopic (exact) mass is 280 g/mol. The zero-order valence-corrected chi connectivity index (χ0v) is 12.1. The van der Waals surface area contributed by atoms with Gasteiger partial charge in [0.15, 0.2) is 0 Å². The predicted molar refractivity (Wildman–Crippen MR) is 84.3 cm³/mol. The van der Waals surface area contributed by atoms with Gasteiger partial charge in [-0.3, -0.25) is 0 Å². The van der Waals surface area contributed by atoms with E-state index < -0.39 is 0 Å². The summed E-state index contributed by atoms with van der Waals surface area (Å²) in [5, 5.41) is 3.51. The minimum atomic E-state index is 0.316. The van der Waals surface area contributed by atoms with Crippen LogP contribution in [0.4, 0.5) is 5.69 Å². The van der Waals surface area contributed by atoms with Crippen LogP contribution in [0.15, 0.2) is 48.5 Å². The van der Waals surface area contributed by atoms with Crippen molar-refractivity contribution in [2.75, 3.05) is 24.6 Å². The summed E-state index contributed by atoms with van der Waals surface area (Å²) in [6.45, 7) is 4.47. The first-order valence-corrected chi connectivity index (χ1v) is 7.64. The molecule has 0 radical (unpaired) electrons. The van der Waals surface area contributed by atoms with Crippen LogP contribution in [0.5, 0.6) is 0 Å². The average molecular weight is 280 g/mol. The second-order valence-electron chi connectivity index (χ2n) is 5.73. The van der Waals surface area contributed by atoms with Gasteiger partial charge in [0.2, 0.25) is 0 Å². The third kappa shape index (κ3) is 2.33. The molecule has 2 aliphatic rings. The summed E-state index contributed by atoms with van der Waals surface area (Å²) in [4.78, 5) is 2.51. The Bertz CT molecular complexity index is 641. The zero-order chi connectivity index (χ0) is 14.1. The number of para-hydroxylation sites is 1. The van der Waals surface area contributed by atoms with Gasteiger partial charge in [-0.25, -0.2) is 0 Å². The normalized spacial score (nSPS) is 21.3. The molecular weight excluding hydrogens is 260 g/mol. The Labute approximate surface area is 125 Å². The van der Waals surface area contributed by atoms with Gasteiger partial charge >= 0.3 is 0 Å². The highest BCUT2D eigenvalue weighted by molar-refractivity contribution is 5.57. The number of benzene rings is 2. The predicted octanol–water partition coefficient (Wildman–Crippen LogP) is 2.87. The maximum absolute atomic E-state index is 5.86. The molecule has 0 saturated heterocycles. The van der Waals surface area contributed by atoms with Crippen LogP contribution in [0.3, 0.4) is 0 Å². The van der Waals surface area contributed by atoms with Crippen molar-refractivity contribution in [3.63, 3.8) is 0 Å². The molecule has 0 aliphatic carbocycles. The second-order valence-corrected chi connectivity index (χ2v) is 5.73. The lowest BCUT2D eigenvalue weighted by Gasteiger charge is -2.37. The first-order chi connectivity index (χ1) is 10.4. The molecule has 2 aromatic rings. The number of hydrogen-bond donors (Lipinski definition) is 1. The Kier molecular flexibility index (Phi) is 3.37. The Balaban J connectivity index is 1.77. The van der Waals surface area contributed by atoms with E-state index in [1.165, 1.54) is 22.4 Å². The SMILES string of the molecule is c1ccc2c(c1)COCC2N1CCNCc2ccccc21. The molecule has 1 unspecified atom stereocenters. The molecule has 4 rings (SSSR count). The summed E-state index contributed by atoms with van der Waals surface area (Å²) >= 11 is 0. The van der Waals surface area contributed by atoms with E-state index in [2.05, 4.69) is 58.7 Å². The van der Waals surface area contributed by atoms with E-state index in [0.29, 0.717) is 6.04 Å². The van der Waals surface area contributed by atoms with Crippen molar-refractivity contribution < 1.29 is 4.74 Å². The van der Waals surface area contributed by atoms with Crippen molar-refractivity contribution >= 4 is 5.69 Å². The van der Waals surface area contributed by atoms with Gasteiger partial charge in [0.1, 0.15) is 0 Å². The first-order valence-electron chi connectivity index (χ1n) is 7.64. The van der Waals surface area contributed by atoms with E-state index in [9.17, 15) is 0 Å².